The van der Waals surface area contributed by atoms with Gasteiger partial charge in [-0.15, -0.1) is 21.5 Å². The first-order valence-corrected chi connectivity index (χ1v) is 10.1. The average Bonchev–Trinajstić information content (AvgIpc) is 3.22. The molecule has 2 aromatic rings. The van der Waals surface area contributed by atoms with Crippen LogP contribution in [0.15, 0.2) is 6.07 Å². The third kappa shape index (κ3) is 5.35. The summed E-state index contributed by atoms with van der Waals surface area (Å²) in [7, 11) is 0. The Labute approximate surface area is 158 Å². The van der Waals surface area contributed by atoms with Gasteiger partial charge in [0.2, 0.25) is 0 Å². The predicted octanol–water partition coefficient (Wildman–Crippen LogP) is 2.41. The van der Waals surface area contributed by atoms with Crippen LogP contribution in [0.5, 0.6) is 0 Å². The van der Waals surface area contributed by atoms with E-state index in [9.17, 15) is 4.79 Å². The molecule has 2 N–H and O–H groups in total. The van der Waals surface area contributed by atoms with Crippen molar-refractivity contribution >= 4 is 17.2 Å². The third-order valence-corrected chi connectivity index (χ3v) is 5.50. The van der Waals surface area contributed by atoms with Crippen LogP contribution in [0.2, 0.25) is 0 Å². The zero-order valence-electron chi connectivity index (χ0n) is 15.8. The highest BCUT2D eigenvalue weighted by molar-refractivity contribution is 7.11. The Hall–Kier alpha value is -1.80. The largest absolute Gasteiger partial charge is 0.350 e. The molecule has 0 spiro atoms. The van der Waals surface area contributed by atoms with Crippen LogP contribution >= 0.6 is 11.3 Å². The number of piperidine rings is 1. The van der Waals surface area contributed by atoms with Crippen LogP contribution in [0, 0.1) is 18.8 Å². The molecule has 142 valence electrons. The van der Waals surface area contributed by atoms with E-state index in [1.165, 1.54) is 0 Å². The normalized spacial score (nSPS) is 16.3. The highest BCUT2D eigenvalue weighted by Gasteiger charge is 2.21. The molecule has 0 unspecified atom stereocenters. The predicted molar refractivity (Wildman–Crippen MR) is 102 cm³/mol. The summed E-state index contributed by atoms with van der Waals surface area (Å²) in [6.45, 7) is 9.98. The van der Waals surface area contributed by atoms with E-state index in [-0.39, 0.29) is 5.91 Å². The molecule has 26 heavy (non-hydrogen) atoms. The lowest BCUT2D eigenvalue weighted by Gasteiger charge is -2.31. The van der Waals surface area contributed by atoms with E-state index >= 15 is 0 Å². The number of carbonyl (C=O) groups is 1. The minimum atomic E-state index is -0.0805. The Morgan fingerprint density at radius 1 is 1.38 bits per heavy atom. The fraction of sp³-hybridized carbons (Fsp3) is 0.667. The first-order valence-electron chi connectivity index (χ1n) is 9.33. The summed E-state index contributed by atoms with van der Waals surface area (Å²) in [6, 6.07) is 1.86. The summed E-state index contributed by atoms with van der Waals surface area (Å²) in [5.74, 6) is 0.990. The SMILES string of the molecule is Cc1nnc(CN2CCC(CNC(=O)c3cc(CC(C)C)[nH]n3)CC2)s1. The van der Waals surface area contributed by atoms with Crippen LogP contribution in [0.1, 0.15) is 52.9 Å². The van der Waals surface area contributed by atoms with Gasteiger partial charge in [-0.1, -0.05) is 13.8 Å². The van der Waals surface area contributed by atoms with Gasteiger partial charge in [0.1, 0.15) is 15.7 Å². The third-order valence-electron chi connectivity index (χ3n) is 4.68. The minimum Gasteiger partial charge on any atom is -0.350 e. The number of carbonyl (C=O) groups excluding carboxylic acids is 1. The molecule has 2 aromatic heterocycles. The summed E-state index contributed by atoms with van der Waals surface area (Å²) in [5, 5.41) is 20.5. The molecule has 3 heterocycles. The Kier molecular flexibility index (Phi) is 6.37. The number of hydrogen-bond acceptors (Lipinski definition) is 6. The number of aromatic nitrogens is 4. The van der Waals surface area contributed by atoms with Crippen LogP contribution in [-0.2, 0) is 13.0 Å². The van der Waals surface area contributed by atoms with E-state index in [0.29, 0.717) is 17.5 Å². The first-order chi connectivity index (χ1) is 12.5. The first kappa shape index (κ1) is 19.0. The molecule has 8 heteroatoms. The number of H-pyrrole nitrogens is 1. The zero-order valence-corrected chi connectivity index (χ0v) is 16.6. The molecule has 1 fully saturated rings. The number of aryl methyl sites for hydroxylation is 1. The Morgan fingerprint density at radius 2 is 2.15 bits per heavy atom. The van der Waals surface area contributed by atoms with Crippen LogP contribution in [-0.4, -0.2) is 50.8 Å². The molecule has 0 aliphatic carbocycles. The maximum Gasteiger partial charge on any atom is 0.271 e. The van der Waals surface area contributed by atoms with E-state index < -0.39 is 0 Å². The summed E-state index contributed by atoms with van der Waals surface area (Å²) in [4.78, 5) is 14.7. The van der Waals surface area contributed by atoms with Gasteiger partial charge in [0, 0.05) is 12.2 Å². The molecule has 0 bridgehead atoms. The lowest BCUT2D eigenvalue weighted by atomic mass is 9.97. The number of hydrogen-bond donors (Lipinski definition) is 2. The van der Waals surface area contributed by atoms with Crippen molar-refractivity contribution in [3.05, 3.63) is 27.5 Å². The number of aromatic amines is 1. The van der Waals surface area contributed by atoms with Gasteiger partial charge in [-0.25, -0.2) is 0 Å². The summed E-state index contributed by atoms with van der Waals surface area (Å²) < 4.78 is 0. The van der Waals surface area contributed by atoms with Crippen LogP contribution < -0.4 is 5.32 Å². The van der Waals surface area contributed by atoms with Gasteiger partial charge >= 0.3 is 0 Å². The molecule has 0 saturated carbocycles. The molecule has 7 nitrogen and oxygen atoms in total. The summed E-state index contributed by atoms with van der Waals surface area (Å²) >= 11 is 1.67. The molecule has 3 rings (SSSR count). The monoisotopic (exact) mass is 376 g/mol. The second kappa shape index (κ2) is 8.73. The Balaban J connectivity index is 1.39. The molecule has 0 radical (unpaired) electrons. The average molecular weight is 377 g/mol. The molecular weight excluding hydrogens is 348 g/mol. The van der Waals surface area contributed by atoms with Crippen LogP contribution in [0.25, 0.3) is 0 Å². The quantitative estimate of drug-likeness (QED) is 0.775. The van der Waals surface area contributed by atoms with Crippen molar-refractivity contribution in [2.45, 2.75) is 46.6 Å². The number of amides is 1. The molecule has 1 saturated heterocycles. The fourth-order valence-corrected chi connectivity index (χ4v) is 4.04. The molecule has 0 aromatic carbocycles. The highest BCUT2D eigenvalue weighted by Crippen LogP contribution is 2.19. The number of rotatable bonds is 7. The van der Waals surface area contributed by atoms with Crippen molar-refractivity contribution in [1.29, 1.82) is 0 Å². The van der Waals surface area contributed by atoms with E-state index in [1.54, 1.807) is 11.3 Å². The molecule has 1 aliphatic heterocycles. The van der Waals surface area contributed by atoms with Crippen LogP contribution in [0.3, 0.4) is 0 Å². The van der Waals surface area contributed by atoms with Crippen LogP contribution in [0.4, 0.5) is 0 Å². The molecule has 1 amide bonds. The van der Waals surface area contributed by atoms with Gasteiger partial charge in [0.05, 0.1) is 6.54 Å². The van der Waals surface area contributed by atoms with Gasteiger partial charge in [0.15, 0.2) is 0 Å². The van der Waals surface area contributed by atoms with E-state index in [0.717, 1.165) is 61.2 Å². The van der Waals surface area contributed by atoms with E-state index in [2.05, 4.69) is 44.5 Å². The van der Waals surface area contributed by atoms with Crippen molar-refractivity contribution in [3.8, 4) is 0 Å². The number of nitrogens with one attached hydrogen (secondary N) is 2. The van der Waals surface area contributed by atoms with Gasteiger partial charge in [-0.3, -0.25) is 14.8 Å². The minimum absolute atomic E-state index is 0.0805. The maximum absolute atomic E-state index is 12.3. The second-order valence-electron chi connectivity index (χ2n) is 7.52. The molecular formula is C18H28N6OS. The molecule has 1 aliphatic rings. The molecule has 0 atom stereocenters. The Bertz CT molecular complexity index is 717. The van der Waals surface area contributed by atoms with E-state index in [1.807, 2.05) is 13.0 Å². The van der Waals surface area contributed by atoms with E-state index in [4.69, 9.17) is 0 Å². The second-order valence-corrected chi connectivity index (χ2v) is 8.79. The summed E-state index contributed by atoms with van der Waals surface area (Å²) in [5.41, 5.74) is 1.51. The van der Waals surface area contributed by atoms with Crippen molar-refractivity contribution in [1.82, 2.24) is 30.6 Å². The van der Waals surface area contributed by atoms with Gasteiger partial charge in [-0.2, -0.15) is 5.10 Å². The van der Waals surface area contributed by atoms with Gasteiger partial charge < -0.3 is 5.32 Å². The van der Waals surface area contributed by atoms with Gasteiger partial charge in [0.25, 0.3) is 5.91 Å². The Morgan fingerprint density at radius 3 is 2.81 bits per heavy atom. The lowest BCUT2D eigenvalue weighted by molar-refractivity contribution is 0.0930. The highest BCUT2D eigenvalue weighted by atomic mass is 32.1. The maximum atomic E-state index is 12.3. The fourth-order valence-electron chi connectivity index (χ4n) is 3.29. The smallest absolute Gasteiger partial charge is 0.271 e. The standard InChI is InChI=1S/C18H28N6OS/c1-12(2)8-15-9-16(22-21-15)18(25)19-10-14-4-6-24(7-5-14)11-17-23-20-13(3)26-17/h9,12,14H,4-8,10-11H2,1-3H3,(H,19,25)(H,21,22). The summed E-state index contributed by atoms with van der Waals surface area (Å²) in [6.07, 6.45) is 3.10. The van der Waals surface area contributed by atoms with Crippen molar-refractivity contribution in [2.24, 2.45) is 11.8 Å². The topological polar surface area (TPSA) is 86.8 Å². The zero-order chi connectivity index (χ0) is 18.5. The van der Waals surface area contributed by atoms with Crippen molar-refractivity contribution in [3.63, 3.8) is 0 Å². The van der Waals surface area contributed by atoms with Crippen molar-refractivity contribution in [2.75, 3.05) is 19.6 Å². The van der Waals surface area contributed by atoms with Crippen molar-refractivity contribution < 1.29 is 4.79 Å². The number of likely N-dealkylation sites (tertiary alicyclic amines) is 1. The van der Waals surface area contributed by atoms with Gasteiger partial charge in [-0.05, 0) is 57.2 Å². The lowest BCUT2D eigenvalue weighted by Crippen LogP contribution is -2.38. The number of nitrogens with zero attached hydrogens (tertiary/aromatic N) is 4.